The van der Waals surface area contributed by atoms with Crippen molar-refractivity contribution in [3.8, 4) is 0 Å². The fourth-order valence-corrected chi connectivity index (χ4v) is 4.20. The Hall–Kier alpha value is 2.67. The van der Waals surface area contributed by atoms with E-state index in [0.29, 0.717) is 0 Å². The van der Waals surface area contributed by atoms with Crippen LogP contribution in [0.1, 0.15) is 0 Å². The number of hydrogen-bond donors (Lipinski definition) is 0. The van der Waals surface area contributed by atoms with E-state index in [1.807, 2.05) is 23.5 Å². The molecule has 10 heteroatoms. The molecule has 20 heavy (non-hydrogen) atoms. The maximum absolute atomic E-state index is 4.75. The summed E-state index contributed by atoms with van der Waals surface area (Å²) in [6.07, 6.45) is 0. The van der Waals surface area contributed by atoms with Crippen LogP contribution in [-0.2, 0) is 49.7 Å². The number of thiol groups is 2. The third-order valence-corrected chi connectivity index (χ3v) is 5.70. The van der Waals surface area contributed by atoms with Crippen LogP contribution in [0.3, 0.4) is 0 Å². The van der Waals surface area contributed by atoms with Gasteiger partial charge in [0.1, 0.15) is 0 Å². The van der Waals surface area contributed by atoms with Gasteiger partial charge < -0.3 is 0 Å². The molecule has 114 valence electrons. The molecule has 2 nitrogen and oxygen atoms in total. The van der Waals surface area contributed by atoms with Crippen molar-refractivity contribution in [3.05, 3.63) is 0 Å². The van der Waals surface area contributed by atoms with E-state index in [1.165, 1.54) is 23.0 Å². The quantitative estimate of drug-likeness (QED) is 0.153. The molecule has 0 amide bonds. The van der Waals surface area contributed by atoms with Crippen molar-refractivity contribution in [1.29, 1.82) is 0 Å². The Bertz CT molecular complexity index is 257. The summed E-state index contributed by atoms with van der Waals surface area (Å²) in [4.78, 5) is 4.47. The van der Waals surface area contributed by atoms with Crippen LogP contribution in [0.25, 0.3) is 0 Å². The molecule has 0 aromatic carbocycles. The van der Waals surface area contributed by atoms with Crippen molar-refractivity contribution >= 4 is 114 Å². The Morgan fingerprint density at radius 1 is 0.800 bits per heavy atom. The first kappa shape index (κ1) is 22.7. The first-order chi connectivity index (χ1) is 9.61. The summed E-state index contributed by atoms with van der Waals surface area (Å²) in [6.45, 7) is 4.53. The molecule has 0 saturated carbocycles. The van der Waals surface area contributed by atoms with E-state index >= 15 is 0 Å². The van der Waals surface area contributed by atoms with Crippen LogP contribution in [0.15, 0.2) is 0 Å². The summed E-state index contributed by atoms with van der Waals surface area (Å²) in [7, 11) is 4.75. The Balaban J connectivity index is 0.000000321. The summed E-state index contributed by atoms with van der Waals surface area (Å²) >= 11 is 20.1. The molecule has 0 aliphatic carbocycles. The molecule has 2 aliphatic heterocycles. The third-order valence-electron chi connectivity index (χ3n) is 2.62. The van der Waals surface area contributed by atoms with Crippen LogP contribution in [0.5, 0.6) is 0 Å². The Kier molecular flexibility index (Phi) is 17.2. The average molecular weight is 607 g/mol. The van der Waals surface area contributed by atoms with Gasteiger partial charge in [0.15, 0.2) is 0 Å². The maximum Gasteiger partial charge on any atom is 0.445 e. The molecular weight excluding hydrogens is 585 g/mol. The van der Waals surface area contributed by atoms with Gasteiger partial charge in [-0.05, 0) is 0 Å². The van der Waals surface area contributed by atoms with Gasteiger partial charge in [-0.2, -0.15) is 33.3 Å². The minimum atomic E-state index is 0.917. The predicted molar refractivity (Wildman–Crippen MR) is 117 cm³/mol. The normalized spacial score (nSPS) is 19.9. The molecule has 2 aliphatic rings. The molecule has 2 fully saturated rings. The fraction of sp³-hybridized carbons (Fsp3) is 0.800. The minimum Gasteiger partial charge on any atom is -0.182 e. The second kappa shape index (κ2) is 15.2. The van der Waals surface area contributed by atoms with Gasteiger partial charge in [0.25, 0.3) is 0 Å². The van der Waals surface area contributed by atoms with Gasteiger partial charge in [-0.1, -0.05) is 0 Å². The van der Waals surface area contributed by atoms with Crippen molar-refractivity contribution in [3.63, 3.8) is 0 Å². The van der Waals surface area contributed by atoms with Crippen LogP contribution < -0.4 is 0 Å². The van der Waals surface area contributed by atoms with Crippen LogP contribution in [0, 0.1) is 0 Å². The predicted octanol–water partition coefficient (Wildman–Crippen LogP) is -0.865. The van der Waals surface area contributed by atoms with E-state index < -0.39 is 0 Å². The van der Waals surface area contributed by atoms with Gasteiger partial charge in [-0.25, -0.2) is 0 Å². The summed E-state index contributed by atoms with van der Waals surface area (Å²) in [5, 5.41) is 0. The Morgan fingerprint density at radius 2 is 1.05 bits per heavy atom. The van der Waals surface area contributed by atoms with Crippen LogP contribution in [-0.4, -0.2) is 91.2 Å². The Labute approximate surface area is 171 Å². The molecule has 2 rings (SSSR count). The second-order valence-corrected chi connectivity index (χ2v) is 8.93. The zero-order valence-electron chi connectivity index (χ0n) is 11.1. The minimum absolute atomic E-state index is 0.917. The Morgan fingerprint density at radius 3 is 1.20 bits per heavy atom. The van der Waals surface area contributed by atoms with Gasteiger partial charge in [0, 0.05) is 49.2 Å². The summed E-state index contributed by atoms with van der Waals surface area (Å²) in [5.41, 5.74) is 0. The number of rotatable bonds is 0. The standard InChI is InChI=1S/2C5H9NS3.Bi.ClH/c2*7-5(8)6-1-3-9-4-2-6;;/h2*1-4H2,(H,7,8);;1H/q;;+3;/p+3. The number of hydrogen-bond acceptors (Lipinski definition) is 2. The molecule has 2 saturated heterocycles. The van der Waals surface area contributed by atoms with Crippen molar-refractivity contribution in [1.82, 2.24) is 9.80 Å². The van der Waals surface area contributed by atoms with Crippen molar-refractivity contribution in [2.75, 3.05) is 49.2 Å². The van der Waals surface area contributed by atoms with Crippen molar-refractivity contribution < 1.29 is 0 Å². The topological polar surface area (TPSA) is 6.48 Å². The molecule has 0 aromatic rings. The van der Waals surface area contributed by atoms with E-state index in [9.17, 15) is 0 Å². The first-order valence-electron chi connectivity index (χ1n) is 5.98. The number of nitrogens with zero attached hydrogens (tertiary/aromatic N) is 2. The molecule has 2 heterocycles. The van der Waals surface area contributed by atoms with E-state index in [2.05, 4.69) is 59.5 Å². The summed E-state index contributed by atoms with van der Waals surface area (Å²) in [6, 6.07) is 0. The molecular formula is C10H22BiClN2S6+6. The molecule has 0 bridgehead atoms. The average Bonchev–Trinajstić information content (AvgIpc) is 2.51. The molecule has 0 aromatic heterocycles. The summed E-state index contributed by atoms with van der Waals surface area (Å²) < 4.78 is 1.94. The van der Waals surface area contributed by atoms with Gasteiger partial charge in [-0.3, -0.25) is 0 Å². The van der Waals surface area contributed by atoms with E-state index in [-0.39, 0.29) is 0 Å². The van der Waals surface area contributed by atoms with Crippen LogP contribution in [0.4, 0.5) is 0 Å². The van der Waals surface area contributed by atoms with Crippen molar-refractivity contribution in [2.45, 2.75) is 0 Å². The van der Waals surface area contributed by atoms with E-state index in [4.69, 9.17) is 8.51 Å². The monoisotopic (exact) mass is 606 g/mol. The molecule has 0 unspecified atom stereocenters. The first-order valence-corrected chi connectivity index (χ1v) is 14.5. The zero-order valence-corrected chi connectivity index (χ0v) is 20.7. The third kappa shape index (κ3) is 11.2. The maximum atomic E-state index is 4.75. The number of thioether (sulfide) groups is 2. The summed E-state index contributed by atoms with van der Waals surface area (Å²) in [5.74, 6) is 4.92. The van der Waals surface area contributed by atoms with Gasteiger partial charge in [0.05, 0.1) is 25.3 Å². The molecule has 0 spiro atoms. The molecule has 2 radical (unpaired) electrons. The van der Waals surface area contributed by atoms with Crippen molar-refractivity contribution in [2.24, 2.45) is 0 Å². The smallest absolute Gasteiger partial charge is 0.182 e. The molecule has 0 atom stereocenters. The van der Waals surface area contributed by atoms with Gasteiger partial charge >= 0.3 is 40.7 Å². The van der Waals surface area contributed by atoms with Crippen LogP contribution >= 0.6 is 32.0 Å². The van der Waals surface area contributed by atoms with Gasteiger partial charge in [0.2, 0.25) is 24.4 Å². The SMILES string of the molecule is [Cl][Bi+2].[SH+]=C([SH2+])N1CCSCC1.[SH+]=C([SH2+])N1CCSCC1. The number of halogens is 1. The van der Waals surface area contributed by atoms with E-state index in [0.717, 1.165) is 58.3 Å². The fourth-order valence-electron chi connectivity index (χ4n) is 1.55. The largest absolute Gasteiger partial charge is 0.445 e. The van der Waals surface area contributed by atoms with Crippen LogP contribution in [0.2, 0.25) is 0 Å². The zero-order chi connectivity index (χ0) is 15.4. The second-order valence-electron chi connectivity index (χ2n) is 3.85. The van der Waals surface area contributed by atoms with Gasteiger partial charge in [-0.15, -0.1) is 0 Å². The molecule has 0 N–H and O–H groups in total. The van der Waals surface area contributed by atoms with E-state index in [1.54, 1.807) is 0 Å².